The van der Waals surface area contributed by atoms with Gasteiger partial charge in [-0.05, 0) is 11.6 Å². The minimum atomic E-state index is -0.533. The molecule has 0 atom stereocenters. The number of amides is 1. The van der Waals surface area contributed by atoms with Crippen LogP contribution in [0.3, 0.4) is 0 Å². The Balaban J connectivity index is 2.75. The Morgan fingerprint density at radius 1 is 1.56 bits per heavy atom. The fourth-order valence-corrected chi connectivity index (χ4v) is 1.33. The maximum Gasteiger partial charge on any atom is 0.311 e. The van der Waals surface area contributed by atoms with E-state index in [2.05, 4.69) is 5.32 Å². The Morgan fingerprint density at radius 2 is 2.28 bits per heavy atom. The van der Waals surface area contributed by atoms with Crippen LogP contribution in [0.15, 0.2) is 18.2 Å². The van der Waals surface area contributed by atoms with Crippen LogP contribution in [0.2, 0.25) is 0 Å². The van der Waals surface area contributed by atoms with Crippen LogP contribution >= 0.6 is 0 Å². The Hall–Kier alpha value is -2.15. The van der Waals surface area contributed by atoms with E-state index in [1.54, 1.807) is 6.07 Å². The summed E-state index contributed by atoms with van der Waals surface area (Å²) in [5, 5.41) is 13.3. The van der Waals surface area contributed by atoms with Gasteiger partial charge < -0.3 is 15.8 Å². The molecule has 98 valence electrons. The monoisotopic (exact) mass is 253 g/mol. The summed E-state index contributed by atoms with van der Waals surface area (Å²) in [7, 11) is 1.51. The average molecular weight is 253 g/mol. The third-order valence-electron chi connectivity index (χ3n) is 2.32. The Kier molecular flexibility index (Phi) is 5.06. The molecule has 0 saturated carbocycles. The van der Waals surface area contributed by atoms with Crippen LogP contribution in [0.1, 0.15) is 12.0 Å². The highest BCUT2D eigenvalue weighted by Gasteiger charge is 2.15. The van der Waals surface area contributed by atoms with Gasteiger partial charge in [-0.3, -0.25) is 14.9 Å². The van der Waals surface area contributed by atoms with E-state index in [4.69, 9.17) is 10.5 Å². The number of ether oxygens (including phenoxy) is 1. The molecule has 1 aromatic carbocycles. The van der Waals surface area contributed by atoms with Gasteiger partial charge in [0.15, 0.2) is 5.75 Å². The smallest absolute Gasteiger partial charge is 0.311 e. The number of nitrogens with two attached hydrogens (primary N) is 1. The molecule has 0 aliphatic carbocycles. The highest BCUT2D eigenvalue weighted by Crippen LogP contribution is 2.27. The van der Waals surface area contributed by atoms with Gasteiger partial charge in [-0.1, -0.05) is 6.07 Å². The van der Waals surface area contributed by atoms with Gasteiger partial charge in [-0.25, -0.2) is 0 Å². The number of hydrogen-bond donors (Lipinski definition) is 2. The normalized spacial score (nSPS) is 9.89. The lowest BCUT2D eigenvalue weighted by Crippen LogP contribution is -2.20. The molecule has 0 bridgehead atoms. The summed E-state index contributed by atoms with van der Waals surface area (Å²) in [5.74, 6) is -0.0441. The molecule has 0 aliphatic heterocycles. The van der Waals surface area contributed by atoms with Crippen molar-refractivity contribution in [1.82, 2.24) is 5.32 Å². The number of carbonyl (C=O) groups excluding carboxylic acids is 1. The molecule has 0 saturated heterocycles. The highest BCUT2D eigenvalue weighted by molar-refractivity contribution is 5.75. The van der Waals surface area contributed by atoms with E-state index in [0.717, 1.165) is 0 Å². The summed E-state index contributed by atoms with van der Waals surface area (Å²) < 4.78 is 5.23. The first-order valence-corrected chi connectivity index (χ1v) is 5.39. The number of hydrogen-bond acceptors (Lipinski definition) is 5. The zero-order valence-electron chi connectivity index (χ0n) is 10.0. The van der Waals surface area contributed by atoms with Gasteiger partial charge in [0.05, 0.1) is 18.0 Å². The van der Waals surface area contributed by atoms with E-state index in [-0.39, 0.29) is 36.9 Å². The van der Waals surface area contributed by atoms with Crippen molar-refractivity contribution in [2.45, 2.75) is 13.0 Å². The molecule has 1 rings (SSSR count). The van der Waals surface area contributed by atoms with Gasteiger partial charge in [-0.15, -0.1) is 0 Å². The molecule has 0 spiro atoms. The van der Waals surface area contributed by atoms with Crippen LogP contribution in [-0.2, 0) is 11.3 Å². The second-order valence-corrected chi connectivity index (χ2v) is 3.53. The number of nitrogens with one attached hydrogen (secondary N) is 1. The molecule has 7 heteroatoms. The molecule has 0 heterocycles. The number of nitrogens with zero attached hydrogens (tertiary/aromatic N) is 1. The van der Waals surface area contributed by atoms with Crippen molar-refractivity contribution in [3.8, 4) is 5.75 Å². The van der Waals surface area contributed by atoms with E-state index in [9.17, 15) is 14.9 Å². The molecule has 0 aromatic heterocycles. The summed E-state index contributed by atoms with van der Waals surface area (Å²) >= 11 is 0. The maximum absolute atomic E-state index is 11.0. The minimum Gasteiger partial charge on any atom is -0.486 e. The topological polar surface area (TPSA) is 107 Å². The molecule has 3 N–H and O–H groups in total. The van der Waals surface area contributed by atoms with E-state index >= 15 is 0 Å². The molecule has 18 heavy (non-hydrogen) atoms. The van der Waals surface area contributed by atoms with Crippen LogP contribution in [0.4, 0.5) is 5.69 Å². The quantitative estimate of drug-likeness (QED) is 0.569. The predicted octanol–water partition coefficient (Wildman–Crippen LogP) is 0.568. The van der Waals surface area contributed by atoms with Gasteiger partial charge in [-0.2, -0.15) is 0 Å². The van der Waals surface area contributed by atoms with Crippen LogP contribution in [0, 0.1) is 10.1 Å². The van der Waals surface area contributed by atoms with E-state index < -0.39 is 4.92 Å². The second-order valence-electron chi connectivity index (χ2n) is 3.53. The molecule has 7 nitrogen and oxygen atoms in total. The fraction of sp³-hybridized carbons (Fsp3) is 0.364. The lowest BCUT2D eigenvalue weighted by atomic mass is 10.2. The van der Waals surface area contributed by atoms with Crippen molar-refractivity contribution in [2.75, 3.05) is 13.7 Å². The Bertz CT molecular complexity index is 448. The molecule has 0 fully saturated rings. The summed E-state index contributed by atoms with van der Waals surface area (Å²) in [6.07, 6.45) is 0.145. The van der Waals surface area contributed by atoms with Crippen molar-refractivity contribution in [1.29, 1.82) is 0 Å². The number of carbonyl (C=O) groups is 1. The first kappa shape index (κ1) is 13.9. The molecular weight excluding hydrogens is 238 g/mol. The summed E-state index contributed by atoms with van der Waals surface area (Å²) in [4.78, 5) is 21.3. The van der Waals surface area contributed by atoms with Crippen molar-refractivity contribution in [2.24, 2.45) is 5.73 Å². The van der Waals surface area contributed by atoms with Gasteiger partial charge in [0.25, 0.3) is 0 Å². The number of benzene rings is 1. The predicted molar refractivity (Wildman–Crippen MR) is 65.2 cm³/mol. The molecular formula is C11H15N3O4. The number of nitro groups is 1. The number of nitro benzene ring substituents is 1. The van der Waals surface area contributed by atoms with Crippen molar-refractivity contribution in [3.63, 3.8) is 0 Å². The van der Waals surface area contributed by atoms with Crippen LogP contribution in [0.5, 0.6) is 5.75 Å². The third-order valence-corrected chi connectivity index (χ3v) is 2.32. The van der Waals surface area contributed by atoms with Gasteiger partial charge in [0.2, 0.25) is 5.91 Å². The first-order chi connectivity index (χ1) is 8.58. The van der Waals surface area contributed by atoms with Crippen molar-refractivity contribution < 1.29 is 14.5 Å². The third kappa shape index (κ3) is 3.70. The van der Waals surface area contributed by atoms with Crippen LogP contribution in [-0.4, -0.2) is 24.5 Å². The second kappa shape index (κ2) is 6.55. The first-order valence-electron chi connectivity index (χ1n) is 5.39. The SMILES string of the molecule is CNC(=O)CCOc1ccc(CN)cc1[N+](=O)[O-]. The van der Waals surface area contributed by atoms with E-state index in [1.165, 1.54) is 19.2 Å². The van der Waals surface area contributed by atoms with Gasteiger partial charge in [0, 0.05) is 19.7 Å². The number of rotatable bonds is 6. The molecule has 0 aliphatic rings. The van der Waals surface area contributed by atoms with Crippen LogP contribution in [0.25, 0.3) is 0 Å². The standard InChI is InChI=1S/C11H15N3O4/c1-13-11(15)4-5-18-10-3-2-8(7-12)6-9(10)14(16)17/h2-3,6H,4-5,7,12H2,1H3,(H,13,15). The summed E-state index contributed by atoms with van der Waals surface area (Å²) in [6, 6.07) is 4.52. The van der Waals surface area contributed by atoms with E-state index in [0.29, 0.717) is 5.56 Å². The molecule has 0 radical (unpaired) electrons. The Labute approximate surface area is 104 Å². The Morgan fingerprint density at radius 3 is 2.83 bits per heavy atom. The van der Waals surface area contributed by atoms with Gasteiger partial charge in [0.1, 0.15) is 0 Å². The summed E-state index contributed by atoms with van der Waals surface area (Å²) in [6.45, 7) is 0.307. The minimum absolute atomic E-state index is 0.0858. The zero-order valence-corrected chi connectivity index (χ0v) is 10.0. The lowest BCUT2D eigenvalue weighted by molar-refractivity contribution is -0.385. The van der Waals surface area contributed by atoms with Crippen molar-refractivity contribution in [3.05, 3.63) is 33.9 Å². The zero-order chi connectivity index (χ0) is 13.5. The largest absolute Gasteiger partial charge is 0.486 e. The van der Waals surface area contributed by atoms with Gasteiger partial charge >= 0.3 is 5.69 Å². The van der Waals surface area contributed by atoms with E-state index in [1.807, 2.05) is 0 Å². The molecule has 1 amide bonds. The van der Waals surface area contributed by atoms with Crippen LogP contribution < -0.4 is 15.8 Å². The summed E-state index contributed by atoms with van der Waals surface area (Å²) in [5.41, 5.74) is 5.92. The fourth-order valence-electron chi connectivity index (χ4n) is 1.33. The van der Waals surface area contributed by atoms with Crippen molar-refractivity contribution >= 4 is 11.6 Å². The maximum atomic E-state index is 11.0. The molecule has 0 unspecified atom stereocenters. The highest BCUT2D eigenvalue weighted by atomic mass is 16.6. The average Bonchev–Trinajstić information content (AvgIpc) is 2.38. The lowest BCUT2D eigenvalue weighted by Gasteiger charge is -2.07. The molecule has 1 aromatic rings.